The van der Waals surface area contributed by atoms with Gasteiger partial charge in [0.25, 0.3) is 7.82 Å². The maximum Gasteiger partial charge on any atom is 0.306 e. The molecule has 0 heterocycles. The summed E-state index contributed by atoms with van der Waals surface area (Å²) in [5.41, 5.74) is 0. The first-order valence-corrected chi connectivity index (χ1v) is 30.7. The number of esters is 2. The zero-order valence-electron chi connectivity index (χ0n) is 45.4. The molecule has 67 heavy (non-hydrogen) atoms. The quantitative estimate of drug-likeness (QED) is 0.0256. The van der Waals surface area contributed by atoms with Crippen LogP contribution in [-0.2, 0) is 32.7 Å². The van der Waals surface area contributed by atoms with Gasteiger partial charge in [-0.25, -0.2) is 0 Å². The van der Waals surface area contributed by atoms with Crippen molar-refractivity contribution in [1.82, 2.24) is 0 Å². The molecule has 0 saturated carbocycles. The van der Waals surface area contributed by atoms with Gasteiger partial charge in [0.1, 0.15) is 19.8 Å². The van der Waals surface area contributed by atoms with Crippen molar-refractivity contribution in [1.29, 1.82) is 0 Å². The molecule has 0 N–H and O–H groups in total. The summed E-state index contributed by atoms with van der Waals surface area (Å²) < 4.78 is 34.1. The Hall–Kier alpha value is -0.990. The molecule has 9 nitrogen and oxygen atoms in total. The van der Waals surface area contributed by atoms with Crippen LogP contribution in [0.5, 0.6) is 0 Å². The monoisotopic (exact) mass is 972 g/mol. The maximum atomic E-state index is 12.8. The summed E-state index contributed by atoms with van der Waals surface area (Å²) in [6, 6.07) is 0. The van der Waals surface area contributed by atoms with E-state index in [1.54, 1.807) is 0 Å². The van der Waals surface area contributed by atoms with Gasteiger partial charge in [-0.2, -0.15) is 0 Å². The molecule has 10 heteroatoms. The molecule has 0 bridgehead atoms. The molecule has 0 aliphatic heterocycles. The SMILES string of the molecule is CCCCCCCCCCCCCCCCCCCCCCCCCCCCCCCC(=O)OC(COC(=O)CCCCCCCCCCCCCCCC)COP(=O)([O-])OCC[N+](C)(C)C. The van der Waals surface area contributed by atoms with Gasteiger partial charge in [0.05, 0.1) is 27.7 Å². The molecule has 0 aromatic carbocycles. The summed E-state index contributed by atoms with van der Waals surface area (Å²) in [6.07, 6.45) is 55.9. The van der Waals surface area contributed by atoms with Gasteiger partial charge in [0, 0.05) is 12.8 Å². The highest BCUT2D eigenvalue weighted by Gasteiger charge is 2.22. The van der Waals surface area contributed by atoms with Crippen LogP contribution in [0.2, 0.25) is 0 Å². The fourth-order valence-electron chi connectivity index (χ4n) is 8.84. The van der Waals surface area contributed by atoms with Crippen molar-refractivity contribution in [3.8, 4) is 0 Å². The maximum absolute atomic E-state index is 12.8. The van der Waals surface area contributed by atoms with Gasteiger partial charge in [-0.15, -0.1) is 0 Å². The van der Waals surface area contributed by atoms with Gasteiger partial charge in [-0.05, 0) is 12.8 Å². The summed E-state index contributed by atoms with van der Waals surface area (Å²) in [6.45, 7) is 4.30. The van der Waals surface area contributed by atoms with Crippen molar-refractivity contribution in [3.05, 3.63) is 0 Å². The van der Waals surface area contributed by atoms with E-state index in [0.717, 1.165) is 32.1 Å². The molecule has 400 valence electrons. The normalized spacial score (nSPS) is 13.2. The number of phosphoric ester groups is 1. The number of hydrogen-bond donors (Lipinski definition) is 0. The Kier molecular flexibility index (Phi) is 49.2. The van der Waals surface area contributed by atoms with E-state index in [-0.39, 0.29) is 32.0 Å². The van der Waals surface area contributed by atoms with E-state index < -0.39 is 26.5 Å². The summed E-state index contributed by atoms with van der Waals surface area (Å²) in [5.74, 6) is -0.811. The van der Waals surface area contributed by atoms with Crippen LogP contribution < -0.4 is 4.89 Å². The Morgan fingerprint density at radius 1 is 0.403 bits per heavy atom. The van der Waals surface area contributed by atoms with Crippen molar-refractivity contribution in [2.24, 2.45) is 0 Å². The van der Waals surface area contributed by atoms with E-state index in [4.69, 9.17) is 18.5 Å². The molecule has 2 atom stereocenters. The third kappa shape index (κ3) is 54.2. The Balaban J connectivity index is 4.01. The van der Waals surface area contributed by atoms with Crippen molar-refractivity contribution in [3.63, 3.8) is 0 Å². The minimum Gasteiger partial charge on any atom is -0.756 e. The number of carbonyl (C=O) groups excluding carboxylic acids is 2. The summed E-state index contributed by atoms with van der Waals surface area (Å²) in [5, 5.41) is 0. The van der Waals surface area contributed by atoms with E-state index in [9.17, 15) is 19.0 Å². The number of quaternary nitrogens is 1. The Labute approximate surface area is 416 Å². The van der Waals surface area contributed by atoms with Crippen molar-refractivity contribution >= 4 is 19.8 Å². The van der Waals surface area contributed by atoms with Crippen LogP contribution in [0.15, 0.2) is 0 Å². The lowest BCUT2D eigenvalue weighted by Gasteiger charge is -2.28. The van der Waals surface area contributed by atoms with Crippen molar-refractivity contribution < 1.29 is 42.1 Å². The molecule has 2 unspecified atom stereocenters. The van der Waals surface area contributed by atoms with Crippen LogP contribution in [0.4, 0.5) is 0 Å². The Morgan fingerprint density at radius 3 is 0.955 bits per heavy atom. The largest absolute Gasteiger partial charge is 0.756 e. The number of ether oxygens (including phenoxy) is 2. The first-order valence-electron chi connectivity index (χ1n) is 29.2. The summed E-state index contributed by atoms with van der Waals surface area (Å²) >= 11 is 0. The second-order valence-electron chi connectivity index (χ2n) is 21.4. The lowest BCUT2D eigenvalue weighted by molar-refractivity contribution is -0.870. The molecule has 0 fully saturated rings. The zero-order chi connectivity index (χ0) is 49.2. The highest BCUT2D eigenvalue weighted by atomic mass is 31.2. The number of phosphoric acid groups is 1. The van der Waals surface area contributed by atoms with E-state index in [1.165, 1.54) is 238 Å². The molecule has 0 aromatic rings. The summed E-state index contributed by atoms with van der Waals surface area (Å²) in [7, 11) is 1.19. The van der Waals surface area contributed by atoms with Gasteiger partial charge >= 0.3 is 11.9 Å². The van der Waals surface area contributed by atoms with Crippen LogP contribution in [0.1, 0.15) is 303 Å². The highest BCUT2D eigenvalue weighted by Crippen LogP contribution is 2.38. The van der Waals surface area contributed by atoms with E-state index in [0.29, 0.717) is 17.4 Å². The fourth-order valence-corrected chi connectivity index (χ4v) is 9.57. The van der Waals surface area contributed by atoms with E-state index in [2.05, 4.69) is 13.8 Å². The number of likely N-dealkylation sites (N-methyl/N-ethyl adjacent to an activating group) is 1. The van der Waals surface area contributed by atoms with Crippen molar-refractivity contribution in [2.75, 3.05) is 47.5 Å². The molecule has 0 amide bonds. The van der Waals surface area contributed by atoms with Gasteiger partial charge in [-0.1, -0.05) is 277 Å². The van der Waals surface area contributed by atoms with Crippen LogP contribution >= 0.6 is 7.82 Å². The number of nitrogens with zero attached hydrogens (tertiary/aromatic N) is 1. The second-order valence-corrected chi connectivity index (χ2v) is 22.8. The fraction of sp³-hybridized carbons (Fsp3) is 0.965. The predicted molar refractivity (Wildman–Crippen MR) is 282 cm³/mol. The zero-order valence-corrected chi connectivity index (χ0v) is 46.3. The molecule has 0 saturated heterocycles. The van der Waals surface area contributed by atoms with Crippen molar-refractivity contribution in [2.45, 2.75) is 309 Å². The van der Waals surface area contributed by atoms with Gasteiger partial charge in [0.15, 0.2) is 6.10 Å². The topological polar surface area (TPSA) is 111 Å². The van der Waals surface area contributed by atoms with Crippen LogP contribution in [-0.4, -0.2) is 70.0 Å². The number of rotatable bonds is 55. The predicted octanol–water partition coefficient (Wildman–Crippen LogP) is 17.2. The molecule has 0 aliphatic carbocycles. The molecular formula is C57H114NO8P. The van der Waals surface area contributed by atoms with Gasteiger partial charge < -0.3 is 27.9 Å². The lowest BCUT2D eigenvalue weighted by Crippen LogP contribution is -2.37. The van der Waals surface area contributed by atoms with Crippen LogP contribution in [0, 0.1) is 0 Å². The first kappa shape index (κ1) is 66.0. The molecular weight excluding hydrogens is 858 g/mol. The van der Waals surface area contributed by atoms with Gasteiger partial charge in [0.2, 0.25) is 0 Å². The smallest absolute Gasteiger partial charge is 0.306 e. The molecule has 0 spiro atoms. The third-order valence-electron chi connectivity index (χ3n) is 13.4. The van der Waals surface area contributed by atoms with E-state index in [1.807, 2.05) is 21.1 Å². The Bertz CT molecular complexity index is 1100. The van der Waals surface area contributed by atoms with Gasteiger partial charge in [-0.3, -0.25) is 14.2 Å². The summed E-state index contributed by atoms with van der Waals surface area (Å²) in [4.78, 5) is 37.8. The molecule has 0 aliphatic rings. The minimum atomic E-state index is -4.62. The number of carbonyl (C=O) groups is 2. The van der Waals surface area contributed by atoms with E-state index >= 15 is 0 Å². The number of unbranched alkanes of at least 4 members (excludes halogenated alkanes) is 41. The average molecular weight is 973 g/mol. The Morgan fingerprint density at radius 2 is 0.672 bits per heavy atom. The molecule has 0 aromatic heterocycles. The number of hydrogen-bond acceptors (Lipinski definition) is 8. The third-order valence-corrected chi connectivity index (χ3v) is 14.3. The lowest BCUT2D eigenvalue weighted by atomic mass is 10.0. The first-order chi connectivity index (χ1) is 32.5. The standard InChI is InChI=1S/C57H114NO8P/c1-6-8-10-12-14-16-18-20-22-23-24-25-26-27-28-29-30-31-32-33-34-35-36-38-40-42-44-46-48-50-57(60)66-55(54-65-67(61,62)64-52-51-58(3,4)5)53-63-56(59)49-47-45-43-41-39-37-21-19-17-15-13-11-9-7-2/h55H,6-54H2,1-5H3. The van der Waals surface area contributed by atoms with Crippen LogP contribution in [0.3, 0.4) is 0 Å². The second kappa shape index (κ2) is 50.0. The highest BCUT2D eigenvalue weighted by molar-refractivity contribution is 7.45. The molecule has 0 rings (SSSR count). The molecule has 0 radical (unpaired) electrons. The minimum absolute atomic E-state index is 0.0252. The average Bonchev–Trinajstić information content (AvgIpc) is 3.29. The van der Waals surface area contributed by atoms with Crippen LogP contribution in [0.25, 0.3) is 0 Å².